The fraction of sp³-hybridized carbons (Fsp3) is 0.304. The highest BCUT2D eigenvalue weighted by Crippen LogP contribution is 2.23. The van der Waals surface area contributed by atoms with Crippen LogP contribution in [0.1, 0.15) is 27.9 Å². The maximum Gasteiger partial charge on any atom is 0.259 e. The maximum absolute atomic E-state index is 13.0. The topological polar surface area (TPSA) is 62.5 Å². The van der Waals surface area contributed by atoms with Crippen LogP contribution in [0, 0.1) is 5.92 Å². The van der Waals surface area contributed by atoms with Gasteiger partial charge in [0, 0.05) is 31.7 Å². The molecule has 2 heterocycles. The van der Waals surface area contributed by atoms with Gasteiger partial charge < -0.3 is 14.6 Å². The molecule has 144 valence electrons. The van der Waals surface area contributed by atoms with Crippen molar-refractivity contribution in [2.24, 2.45) is 13.0 Å². The van der Waals surface area contributed by atoms with Crippen molar-refractivity contribution in [3.63, 3.8) is 0 Å². The number of carbonyl (C=O) groups is 1. The number of hydrogen-bond acceptors (Lipinski definition) is 3. The number of benzene rings is 2. The van der Waals surface area contributed by atoms with E-state index in [9.17, 15) is 14.7 Å². The molecular formula is C23H24N2O3. The van der Waals surface area contributed by atoms with Gasteiger partial charge in [0.05, 0.1) is 12.1 Å². The Balaban J connectivity index is 1.53. The Kier molecular flexibility index (Phi) is 5.01. The largest absolute Gasteiger partial charge is 0.392 e. The number of aromatic nitrogens is 1. The quantitative estimate of drug-likeness (QED) is 0.762. The summed E-state index contributed by atoms with van der Waals surface area (Å²) < 4.78 is 1.85. The lowest BCUT2D eigenvalue weighted by Gasteiger charge is -2.18. The Hall–Kier alpha value is -2.92. The molecule has 1 atom stereocenters. The molecule has 1 fully saturated rings. The fourth-order valence-electron chi connectivity index (χ4n) is 4.13. The molecule has 0 spiro atoms. The number of amides is 1. The third-order valence-electron chi connectivity index (χ3n) is 5.60. The third-order valence-corrected chi connectivity index (χ3v) is 5.60. The first-order chi connectivity index (χ1) is 13.6. The summed E-state index contributed by atoms with van der Waals surface area (Å²) in [4.78, 5) is 27.7. The molecule has 2 aromatic carbocycles. The minimum absolute atomic E-state index is 0.0361. The van der Waals surface area contributed by atoms with Crippen molar-refractivity contribution in [3.8, 4) is 0 Å². The van der Waals surface area contributed by atoms with Crippen LogP contribution < -0.4 is 5.43 Å². The summed E-state index contributed by atoms with van der Waals surface area (Å²) in [6.07, 6.45) is 3.45. The molecule has 0 unspecified atom stereocenters. The molecule has 1 aliphatic heterocycles. The SMILES string of the molecule is Cn1cc(C(=O)N2CC[C@H](Cc3cccc(CO)c3)C2)c(=O)c2ccccc21. The smallest absolute Gasteiger partial charge is 0.259 e. The number of pyridine rings is 1. The second-order valence-corrected chi connectivity index (χ2v) is 7.59. The van der Waals surface area contributed by atoms with Crippen molar-refractivity contribution in [3.05, 3.63) is 81.6 Å². The van der Waals surface area contributed by atoms with Crippen LogP contribution in [0.2, 0.25) is 0 Å². The zero-order valence-electron chi connectivity index (χ0n) is 16.0. The zero-order chi connectivity index (χ0) is 19.7. The Morgan fingerprint density at radius 2 is 1.93 bits per heavy atom. The van der Waals surface area contributed by atoms with E-state index in [1.165, 1.54) is 5.56 Å². The van der Waals surface area contributed by atoms with Crippen LogP contribution in [0.3, 0.4) is 0 Å². The number of likely N-dealkylation sites (tertiary alicyclic amines) is 1. The van der Waals surface area contributed by atoms with Crippen molar-refractivity contribution < 1.29 is 9.90 Å². The summed E-state index contributed by atoms with van der Waals surface area (Å²) in [5, 5.41) is 9.88. The molecule has 28 heavy (non-hydrogen) atoms. The van der Waals surface area contributed by atoms with Gasteiger partial charge in [0.1, 0.15) is 5.56 Å². The van der Waals surface area contributed by atoms with E-state index in [0.717, 1.165) is 23.9 Å². The predicted molar refractivity (Wildman–Crippen MR) is 109 cm³/mol. The van der Waals surface area contributed by atoms with Crippen molar-refractivity contribution in [2.75, 3.05) is 13.1 Å². The van der Waals surface area contributed by atoms with E-state index < -0.39 is 0 Å². The fourth-order valence-corrected chi connectivity index (χ4v) is 4.13. The van der Waals surface area contributed by atoms with Gasteiger partial charge in [0.25, 0.3) is 5.91 Å². The summed E-state index contributed by atoms with van der Waals surface area (Å²) in [5.74, 6) is 0.181. The molecule has 1 aliphatic rings. The van der Waals surface area contributed by atoms with Gasteiger partial charge in [0.2, 0.25) is 5.43 Å². The number of aryl methyl sites for hydroxylation is 1. The number of carbonyl (C=O) groups excluding carboxylic acids is 1. The zero-order valence-corrected chi connectivity index (χ0v) is 16.0. The first-order valence-electron chi connectivity index (χ1n) is 9.63. The van der Waals surface area contributed by atoms with Crippen molar-refractivity contribution >= 4 is 16.8 Å². The lowest BCUT2D eigenvalue weighted by Crippen LogP contribution is -2.33. The number of para-hydroxylation sites is 1. The van der Waals surface area contributed by atoms with E-state index in [4.69, 9.17) is 0 Å². The second-order valence-electron chi connectivity index (χ2n) is 7.59. The Morgan fingerprint density at radius 1 is 1.14 bits per heavy atom. The second kappa shape index (κ2) is 7.60. The van der Waals surface area contributed by atoms with Gasteiger partial charge in [-0.05, 0) is 42.0 Å². The van der Waals surface area contributed by atoms with Crippen LogP contribution in [0.4, 0.5) is 0 Å². The molecule has 3 aromatic rings. The summed E-state index contributed by atoms with van der Waals surface area (Å²) >= 11 is 0. The number of rotatable bonds is 4. The van der Waals surface area contributed by atoms with E-state index in [1.54, 1.807) is 17.2 Å². The molecule has 1 N–H and O–H groups in total. The van der Waals surface area contributed by atoms with E-state index in [-0.39, 0.29) is 23.5 Å². The number of aliphatic hydroxyl groups excluding tert-OH is 1. The van der Waals surface area contributed by atoms with Gasteiger partial charge in [-0.1, -0.05) is 36.4 Å². The van der Waals surface area contributed by atoms with Crippen molar-refractivity contribution in [2.45, 2.75) is 19.4 Å². The van der Waals surface area contributed by atoms with Crippen LogP contribution in [0.15, 0.2) is 59.5 Å². The van der Waals surface area contributed by atoms with E-state index >= 15 is 0 Å². The van der Waals surface area contributed by atoms with Gasteiger partial charge in [0.15, 0.2) is 0 Å². The highest BCUT2D eigenvalue weighted by molar-refractivity contribution is 5.97. The van der Waals surface area contributed by atoms with Crippen molar-refractivity contribution in [1.82, 2.24) is 9.47 Å². The Bertz CT molecular complexity index is 1090. The first-order valence-corrected chi connectivity index (χ1v) is 9.63. The minimum atomic E-state index is -0.196. The normalized spacial score (nSPS) is 16.6. The van der Waals surface area contributed by atoms with Crippen LogP contribution in [-0.4, -0.2) is 33.6 Å². The van der Waals surface area contributed by atoms with Gasteiger partial charge in [-0.3, -0.25) is 9.59 Å². The summed E-state index contributed by atoms with van der Waals surface area (Å²) in [5.41, 5.74) is 2.95. The van der Waals surface area contributed by atoms with Gasteiger partial charge in [-0.15, -0.1) is 0 Å². The Morgan fingerprint density at radius 3 is 2.75 bits per heavy atom. The summed E-state index contributed by atoms with van der Waals surface area (Å²) in [7, 11) is 1.86. The molecule has 5 heteroatoms. The molecule has 5 nitrogen and oxygen atoms in total. The predicted octanol–water partition coefficient (Wildman–Crippen LogP) is 2.74. The molecule has 1 aromatic heterocycles. The molecule has 1 saturated heterocycles. The number of aliphatic hydroxyl groups is 1. The van der Waals surface area contributed by atoms with Crippen LogP contribution in [0.25, 0.3) is 10.9 Å². The van der Waals surface area contributed by atoms with Gasteiger partial charge in [-0.2, -0.15) is 0 Å². The first kappa shape index (κ1) is 18.4. The highest BCUT2D eigenvalue weighted by atomic mass is 16.3. The van der Waals surface area contributed by atoms with Gasteiger partial charge >= 0.3 is 0 Å². The van der Waals surface area contributed by atoms with Crippen LogP contribution in [-0.2, 0) is 20.1 Å². The number of fused-ring (bicyclic) bond motifs is 1. The lowest BCUT2D eigenvalue weighted by atomic mass is 9.97. The Labute approximate surface area is 163 Å². The van der Waals surface area contributed by atoms with E-state index in [2.05, 4.69) is 6.07 Å². The summed E-state index contributed by atoms with van der Waals surface area (Å²) in [6.45, 7) is 1.35. The molecule has 1 amide bonds. The average Bonchev–Trinajstić information content (AvgIpc) is 3.19. The molecule has 0 saturated carbocycles. The van der Waals surface area contributed by atoms with Crippen LogP contribution >= 0.6 is 0 Å². The number of hydrogen-bond donors (Lipinski definition) is 1. The van der Waals surface area contributed by atoms with Crippen molar-refractivity contribution in [1.29, 1.82) is 0 Å². The lowest BCUT2D eigenvalue weighted by molar-refractivity contribution is 0.0785. The highest BCUT2D eigenvalue weighted by Gasteiger charge is 2.29. The maximum atomic E-state index is 13.0. The monoisotopic (exact) mass is 376 g/mol. The van der Waals surface area contributed by atoms with E-state index in [0.29, 0.717) is 24.4 Å². The average molecular weight is 376 g/mol. The molecular weight excluding hydrogens is 352 g/mol. The number of nitrogens with zero attached hydrogens (tertiary/aromatic N) is 2. The van der Waals surface area contributed by atoms with E-state index in [1.807, 2.05) is 48.0 Å². The molecule has 0 bridgehead atoms. The third kappa shape index (κ3) is 3.45. The summed E-state index contributed by atoms with van der Waals surface area (Å²) in [6, 6.07) is 15.3. The standard InChI is InChI=1S/C23H24N2O3/c1-24-14-20(22(27)19-7-2-3-8-21(19)24)23(28)25-10-9-17(13-25)11-16-5-4-6-18(12-16)15-26/h2-8,12,14,17,26H,9-11,13,15H2,1H3/t17-/m1/s1. The minimum Gasteiger partial charge on any atom is -0.392 e. The molecule has 0 aliphatic carbocycles. The van der Waals surface area contributed by atoms with Gasteiger partial charge in [-0.25, -0.2) is 0 Å². The molecule has 4 rings (SSSR count). The van der Waals surface area contributed by atoms with Crippen LogP contribution in [0.5, 0.6) is 0 Å². The molecule has 0 radical (unpaired) electrons.